The van der Waals surface area contributed by atoms with Crippen molar-refractivity contribution in [2.24, 2.45) is 0 Å². The van der Waals surface area contributed by atoms with Gasteiger partial charge in [0.05, 0.1) is 12.0 Å². The van der Waals surface area contributed by atoms with E-state index >= 15 is 0 Å². The van der Waals surface area contributed by atoms with E-state index in [4.69, 9.17) is 5.11 Å². The summed E-state index contributed by atoms with van der Waals surface area (Å²) in [5.41, 5.74) is 1.28. The molecule has 3 nitrogen and oxygen atoms in total. The van der Waals surface area contributed by atoms with Crippen molar-refractivity contribution in [2.75, 3.05) is 0 Å². The van der Waals surface area contributed by atoms with Crippen LogP contribution in [0.4, 0.5) is 0 Å². The van der Waals surface area contributed by atoms with Crippen LogP contribution < -0.4 is 0 Å². The highest BCUT2D eigenvalue weighted by molar-refractivity contribution is 5.70. The van der Waals surface area contributed by atoms with Crippen molar-refractivity contribution in [2.45, 2.75) is 50.5 Å². The first-order chi connectivity index (χ1) is 8.31. The Morgan fingerprint density at radius 1 is 1.39 bits per heavy atom. The first-order valence-corrected chi connectivity index (χ1v) is 6.34. The lowest BCUT2D eigenvalue weighted by molar-refractivity contribution is -0.137. The normalized spacial score (nSPS) is 17.5. The number of benzene rings is 1. The molecule has 0 aliphatic heterocycles. The Bertz CT molecular complexity index is 453. The lowest BCUT2D eigenvalue weighted by Gasteiger charge is -2.19. The number of carbonyl (C=O) groups is 1. The maximum Gasteiger partial charge on any atom is 0.304 e. The smallest absolute Gasteiger partial charge is 0.304 e. The second-order valence-corrected chi connectivity index (χ2v) is 6.04. The largest absolute Gasteiger partial charge is 0.481 e. The summed E-state index contributed by atoms with van der Waals surface area (Å²) in [5, 5.41) is 18.8. The van der Waals surface area contributed by atoms with Crippen LogP contribution in [0.3, 0.4) is 0 Å². The minimum Gasteiger partial charge on any atom is -0.481 e. The van der Waals surface area contributed by atoms with Crippen LogP contribution in [0.1, 0.15) is 44.2 Å². The van der Waals surface area contributed by atoms with Crippen molar-refractivity contribution in [3.63, 3.8) is 0 Å². The molecule has 0 saturated heterocycles. The first kappa shape index (κ1) is 13.1. The zero-order valence-electron chi connectivity index (χ0n) is 10.9. The van der Waals surface area contributed by atoms with Gasteiger partial charge in [0, 0.05) is 11.8 Å². The van der Waals surface area contributed by atoms with E-state index in [0.29, 0.717) is 6.42 Å². The van der Waals surface area contributed by atoms with Crippen LogP contribution in [0.25, 0.3) is 0 Å². The maximum atomic E-state index is 10.9. The van der Waals surface area contributed by atoms with E-state index in [1.54, 1.807) is 13.8 Å². The molecule has 0 atom stereocenters. The minimum atomic E-state index is -0.736. The second-order valence-electron chi connectivity index (χ2n) is 6.04. The van der Waals surface area contributed by atoms with E-state index in [0.717, 1.165) is 24.0 Å². The Labute approximate surface area is 107 Å². The Morgan fingerprint density at radius 2 is 2.06 bits per heavy atom. The van der Waals surface area contributed by atoms with E-state index in [1.807, 2.05) is 24.3 Å². The van der Waals surface area contributed by atoms with Gasteiger partial charge in [0.1, 0.15) is 0 Å². The third kappa shape index (κ3) is 3.10. The van der Waals surface area contributed by atoms with Crippen LogP contribution >= 0.6 is 0 Å². The fraction of sp³-hybridized carbons (Fsp3) is 0.533. The molecule has 1 aromatic carbocycles. The predicted octanol–water partition coefficient (Wildman–Crippen LogP) is 2.51. The van der Waals surface area contributed by atoms with Crippen LogP contribution in [0.2, 0.25) is 0 Å². The topological polar surface area (TPSA) is 57.5 Å². The molecule has 1 aromatic rings. The molecule has 98 valence electrons. The average Bonchev–Trinajstić information content (AvgIpc) is 2.95. The Morgan fingerprint density at radius 3 is 2.56 bits per heavy atom. The second kappa shape index (κ2) is 4.39. The molecule has 1 aliphatic carbocycles. The van der Waals surface area contributed by atoms with Crippen molar-refractivity contribution in [1.29, 1.82) is 0 Å². The van der Waals surface area contributed by atoms with Crippen molar-refractivity contribution < 1.29 is 15.0 Å². The molecule has 1 fully saturated rings. The van der Waals surface area contributed by atoms with Crippen molar-refractivity contribution in [3.8, 4) is 0 Å². The summed E-state index contributed by atoms with van der Waals surface area (Å²) < 4.78 is 0. The Kier molecular flexibility index (Phi) is 3.20. The summed E-state index contributed by atoms with van der Waals surface area (Å²) in [4.78, 5) is 10.9. The van der Waals surface area contributed by atoms with Crippen LogP contribution in [0, 0.1) is 0 Å². The number of hydrogen-bond donors (Lipinski definition) is 2. The van der Waals surface area contributed by atoms with E-state index in [-0.39, 0.29) is 11.8 Å². The van der Waals surface area contributed by atoms with E-state index < -0.39 is 11.6 Å². The van der Waals surface area contributed by atoms with Crippen LogP contribution in [0.5, 0.6) is 0 Å². The quantitative estimate of drug-likeness (QED) is 0.841. The molecule has 0 unspecified atom stereocenters. The summed E-state index contributed by atoms with van der Waals surface area (Å²) in [6, 6.07) is 7.99. The van der Waals surface area contributed by atoms with Gasteiger partial charge in [-0.3, -0.25) is 4.79 Å². The van der Waals surface area contributed by atoms with Gasteiger partial charge in [-0.2, -0.15) is 0 Å². The third-order valence-corrected chi connectivity index (χ3v) is 3.52. The number of aliphatic carboxylic acids is 1. The molecule has 1 saturated carbocycles. The van der Waals surface area contributed by atoms with Crippen molar-refractivity contribution >= 4 is 5.97 Å². The standard InChI is InChI=1S/C15H20O3/c1-14(2,18)9-11-4-3-5-12(8-11)15(6-7-15)10-13(16)17/h3-5,8,18H,6-7,9-10H2,1-2H3,(H,16,17). The number of aliphatic hydroxyl groups is 1. The van der Waals surface area contributed by atoms with Crippen molar-refractivity contribution in [1.82, 2.24) is 0 Å². The molecular formula is C15H20O3. The molecule has 3 heteroatoms. The van der Waals surface area contributed by atoms with Crippen LogP contribution in [0.15, 0.2) is 24.3 Å². The molecular weight excluding hydrogens is 228 g/mol. The molecule has 2 N–H and O–H groups in total. The van der Waals surface area contributed by atoms with Gasteiger partial charge in [-0.15, -0.1) is 0 Å². The maximum absolute atomic E-state index is 10.9. The molecule has 0 bridgehead atoms. The predicted molar refractivity (Wildman–Crippen MR) is 69.6 cm³/mol. The Balaban J connectivity index is 2.20. The van der Waals surface area contributed by atoms with Gasteiger partial charge in [-0.25, -0.2) is 0 Å². The SMILES string of the molecule is CC(C)(O)Cc1cccc(C2(CC(=O)O)CC2)c1. The van der Waals surface area contributed by atoms with Gasteiger partial charge in [0.15, 0.2) is 0 Å². The average molecular weight is 248 g/mol. The van der Waals surface area contributed by atoms with E-state index in [1.165, 1.54) is 0 Å². The summed E-state index contributed by atoms with van der Waals surface area (Å²) in [7, 11) is 0. The van der Waals surface area contributed by atoms with Crippen LogP contribution in [-0.2, 0) is 16.6 Å². The summed E-state index contributed by atoms with van der Waals surface area (Å²) in [6.07, 6.45) is 2.69. The van der Waals surface area contributed by atoms with Gasteiger partial charge < -0.3 is 10.2 Å². The fourth-order valence-electron chi connectivity index (χ4n) is 2.52. The monoisotopic (exact) mass is 248 g/mol. The molecule has 0 amide bonds. The molecule has 2 rings (SSSR count). The van der Waals surface area contributed by atoms with Gasteiger partial charge in [0.2, 0.25) is 0 Å². The number of hydrogen-bond acceptors (Lipinski definition) is 2. The van der Waals surface area contributed by atoms with Crippen LogP contribution in [-0.4, -0.2) is 21.8 Å². The minimum absolute atomic E-state index is 0.151. The number of carboxylic acids is 1. The summed E-state index contributed by atoms with van der Waals surface area (Å²) >= 11 is 0. The first-order valence-electron chi connectivity index (χ1n) is 6.34. The summed E-state index contributed by atoms with van der Waals surface area (Å²) in [5.74, 6) is -0.736. The zero-order chi connectivity index (χ0) is 13.4. The van der Waals surface area contributed by atoms with E-state index in [9.17, 15) is 9.90 Å². The molecule has 0 radical (unpaired) electrons. The molecule has 18 heavy (non-hydrogen) atoms. The summed E-state index contributed by atoms with van der Waals surface area (Å²) in [6.45, 7) is 3.56. The van der Waals surface area contributed by atoms with E-state index in [2.05, 4.69) is 0 Å². The molecule has 0 aromatic heterocycles. The van der Waals surface area contributed by atoms with Crippen molar-refractivity contribution in [3.05, 3.63) is 35.4 Å². The molecule has 0 spiro atoms. The number of carboxylic acid groups (broad SMARTS) is 1. The molecule has 0 heterocycles. The van der Waals surface area contributed by atoms with Gasteiger partial charge in [0.25, 0.3) is 0 Å². The highest BCUT2D eigenvalue weighted by atomic mass is 16.4. The molecule has 1 aliphatic rings. The highest BCUT2D eigenvalue weighted by Crippen LogP contribution is 2.51. The van der Waals surface area contributed by atoms with Gasteiger partial charge >= 0.3 is 5.97 Å². The Hall–Kier alpha value is -1.35. The highest BCUT2D eigenvalue weighted by Gasteiger charge is 2.45. The fourth-order valence-corrected chi connectivity index (χ4v) is 2.52. The van der Waals surface area contributed by atoms with Gasteiger partial charge in [-0.1, -0.05) is 24.3 Å². The number of rotatable bonds is 5. The lowest BCUT2D eigenvalue weighted by Crippen LogP contribution is -2.22. The van der Waals surface area contributed by atoms with Gasteiger partial charge in [-0.05, 0) is 37.8 Å². The zero-order valence-corrected chi connectivity index (χ0v) is 10.9. The lowest BCUT2D eigenvalue weighted by atomic mass is 9.89. The third-order valence-electron chi connectivity index (χ3n) is 3.52.